The SMILES string of the molecule is CCCc1nc(NCC)cc(NC2CC(O)C2)n1. The largest absolute Gasteiger partial charge is 0.393 e. The van der Waals surface area contributed by atoms with Gasteiger partial charge in [-0.05, 0) is 26.2 Å². The molecule has 5 nitrogen and oxygen atoms in total. The van der Waals surface area contributed by atoms with Crippen molar-refractivity contribution in [1.29, 1.82) is 0 Å². The minimum atomic E-state index is -0.146. The quantitative estimate of drug-likeness (QED) is 0.718. The van der Waals surface area contributed by atoms with Gasteiger partial charge < -0.3 is 15.7 Å². The Labute approximate surface area is 108 Å². The monoisotopic (exact) mass is 250 g/mol. The van der Waals surface area contributed by atoms with Crippen LogP contribution in [0.2, 0.25) is 0 Å². The molecule has 18 heavy (non-hydrogen) atoms. The molecule has 100 valence electrons. The number of aromatic nitrogens is 2. The van der Waals surface area contributed by atoms with Crippen molar-refractivity contribution >= 4 is 11.6 Å². The zero-order valence-electron chi connectivity index (χ0n) is 11.1. The Hall–Kier alpha value is -1.36. The van der Waals surface area contributed by atoms with Crippen molar-refractivity contribution in [3.05, 3.63) is 11.9 Å². The van der Waals surface area contributed by atoms with Crippen LogP contribution >= 0.6 is 0 Å². The highest BCUT2D eigenvalue weighted by molar-refractivity contribution is 5.48. The first kappa shape index (κ1) is 13.1. The number of aliphatic hydroxyl groups is 1. The van der Waals surface area contributed by atoms with Gasteiger partial charge in [0.1, 0.15) is 17.5 Å². The summed E-state index contributed by atoms with van der Waals surface area (Å²) in [5.74, 6) is 2.61. The Balaban J connectivity index is 2.06. The summed E-state index contributed by atoms with van der Waals surface area (Å²) < 4.78 is 0. The summed E-state index contributed by atoms with van der Waals surface area (Å²) in [5, 5.41) is 15.9. The molecule has 1 aliphatic carbocycles. The summed E-state index contributed by atoms with van der Waals surface area (Å²) in [6.07, 6.45) is 3.40. The molecule has 0 amide bonds. The smallest absolute Gasteiger partial charge is 0.133 e. The molecule has 1 saturated carbocycles. The Morgan fingerprint density at radius 1 is 1.28 bits per heavy atom. The molecule has 0 saturated heterocycles. The number of aryl methyl sites for hydroxylation is 1. The maximum atomic E-state index is 9.29. The predicted molar refractivity (Wildman–Crippen MR) is 72.8 cm³/mol. The van der Waals surface area contributed by atoms with Crippen LogP contribution in [0.15, 0.2) is 6.07 Å². The van der Waals surface area contributed by atoms with Gasteiger partial charge in [0.2, 0.25) is 0 Å². The van der Waals surface area contributed by atoms with E-state index in [0.29, 0.717) is 6.04 Å². The van der Waals surface area contributed by atoms with Crippen LogP contribution in [0.5, 0.6) is 0 Å². The number of aliphatic hydroxyl groups excluding tert-OH is 1. The maximum absolute atomic E-state index is 9.29. The Morgan fingerprint density at radius 3 is 2.61 bits per heavy atom. The molecule has 1 heterocycles. The molecule has 1 aromatic heterocycles. The summed E-state index contributed by atoms with van der Waals surface area (Å²) in [4.78, 5) is 8.98. The molecular formula is C13H22N4O. The second-order valence-electron chi connectivity index (χ2n) is 4.80. The number of rotatable bonds is 6. The molecule has 0 radical (unpaired) electrons. The van der Waals surface area contributed by atoms with E-state index in [2.05, 4.69) is 34.4 Å². The van der Waals surface area contributed by atoms with Crippen molar-refractivity contribution in [2.24, 2.45) is 0 Å². The molecule has 5 heteroatoms. The van der Waals surface area contributed by atoms with Crippen molar-refractivity contribution < 1.29 is 5.11 Å². The number of nitrogens with zero attached hydrogens (tertiary/aromatic N) is 2. The Bertz CT molecular complexity index is 366. The first-order valence-electron chi connectivity index (χ1n) is 6.77. The van der Waals surface area contributed by atoms with Crippen molar-refractivity contribution in [3.63, 3.8) is 0 Å². The highest BCUT2D eigenvalue weighted by Crippen LogP contribution is 2.24. The van der Waals surface area contributed by atoms with Crippen LogP contribution in [0.1, 0.15) is 38.9 Å². The molecule has 0 aliphatic heterocycles. The topological polar surface area (TPSA) is 70.1 Å². The molecule has 0 atom stereocenters. The Morgan fingerprint density at radius 2 is 2.00 bits per heavy atom. The summed E-state index contributed by atoms with van der Waals surface area (Å²) in [6.45, 7) is 5.03. The van der Waals surface area contributed by atoms with Gasteiger partial charge in [-0.1, -0.05) is 6.92 Å². The molecule has 0 unspecified atom stereocenters. The second-order valence-corrected chi connectivity index (χ2v) is 4.80. The van der Waals surface area contributed by atoms with Gasteiger partial charge in [-0.15, -0.1) is 0 Å². The zero-order chi connectivity index (χ0) is 13.0. The highest BCUT2D eigenvalue weighted by Gasteiger charge is 2.27. The molecule has 0 spiro atoms. The third kappa shape index (κ3) is 3.32. The fraction of sp³-hybridized carbons (Fsp3) is 0.692. The third-order valence-electron chi connectivity index (χ3n) is 3.07. The van der Waals surface area contributed by atoms with Crippen LogP contribution in [0, 0.1) is 0 Å². The standard InChI is InChI=1S/C13H22N4O/c1-3-5-11-16-12(14-4-2)8-13(17-11)15-9-6-10(18)7-9/h8-10,18H,3-7H2,1-2H3,(H2,14,15,16,17). The van der Waals surface area contributed by atoms with Gasteiger partial charge in [-0.2, -0.15) is 0 Å². The molecule has 1 aliphatic rings. The van der Waals surface area contributed by atoms with Crippen LogP contribution < -0.4 is 10.6 Å². The number of hydrogen-bond donors (Lipinski definition) is 3. The van der Waals surface area contributed by atoms with E-state index < -0.39 is 0 Å². The van der Waals surface area contributed by atoms with Crippen LogP contribution in [-0.2, 0) is 6.42 Å². The van der Waals surface area contributed by atoms with E-state index in [1.165, 1.54) is 0 Å². The van der Waals surface area contributed by atoms with E-state index in [1.807, 2.05) is 6.07 Å². The van der Waals surface area contributed by atoms with E-state index in [-0.39, 0.29) is 6.10 Å². The van der Waals surface area contributed by atoms with E-state index in [0.717, 1.165) is 49.7 Å². The van der Waals surface area contributed by atoms with Crippen LogP contribution in [0.4, 0.5) is 11.6 Å². The highest BCUT2D eigenvalue weighted by atomic mass is 16.3. The van der Waals surface area contributed by atoms with Gasteiger partial charge in [0.25, 0.3) is 0 Å². The van der Waals surface area contributed by atoms with E-state index in [1.54, 1.807) is 0 Å². The number of nitrogens with one attached hydrogen (secondary N) is 2. The van der Waals surface area contributed by atoms with Crippen molar-refractivity contribution in [1.82, 2.24) is 9.97 Å². The molecule has 0 aromatic carbocycles. The van der Waals surface area contributed by atoms with Crippen molar-refractivity contribution in [2.75, 3.05) is 17.2 Å². The summed E-state index contributed by atoms with van der Waals surface area (Å²) in [6, 6.07) is 2.28. The molecule has 3 N–H and O–H groups in total. The average Bonchev–Trinajstić information content (AvgIpc) is 2.27. The lowest BCUT2D eigenvalue weighted by Crippen LogP contribution is -2.39. The normalized spacial score (nSPS) is 22.4. The lowest BCUT2D eigenvalue weighted by atomic mass is 9.89. The van der Waals surface area contributed by atoms with Crippen LogP contribution in [0.25, 0.3) is 0 Å². The van der Waals surface area contributed by atoms with Gasteiger partial charge in [-0.25, -0.2) is 9.97 Å². The van der Waals surface area contributed by atoms with Crippen molar-refractivity contribution in [3.8, 4) is 0 Å². The molecule has 1 fully saturated rings. The first-order valence-corrected chi connectivity index (χ1v) is 6.77. The van der Waals surface area contributed by atoms with E-state index in [4.69, 9.17) is 0 Å². The minimum absolute atomic E-state index is 0.146. The first-order chi connectivity index (χ1) is 8.71. The maximum Gasteiger partial charge on any atom is 0.133 e. The summed E-state index contributed by atoms with van der Waals surface area (Å²) in [7, 11) is 0. The van der Waals surface area contributed by atoms with Gasteiger partial charge in [0.15, 0.2) is 0 Å². The fourth-order valence-corrected chi connectivity index (χ4v) is 2.09. The lowest BCUT2D eigenvalue weighted by Gasteiger charge is -2.32. The number of hydrogen-bond acceptors (Lipinski definition) is 5. The average molecular weight is 250 g/mol. The van der Waals surface area contributed by atoms with Gasteiger partial charge >= 0.3 is 0 Å². The van der Waals surface area contributed by atoms with Crippen molar-refractivity contribution in [2.45, 2.75) is 51.7 Å². The van der Waals surface area contributed by atoms with E-state index >= 15 is 0 Å². The second kappa shape index (κ2) is 6.00. The van der Waals surface area contributed by atoms with Crippen LogP contribution in [0.3, 0.4) is 0 Å². The molecular weight excluding hydrogens is 228 g/mol. The summed E-state index contributed by atoms with van der Waals surface area (Å²) >= 11 is 0. The van der Waals surface area contributed by atoms with Gasteiger partial charge in [0.05, 0.1) is 6.10 Å². The predicted octanol–water partition coefficient (Wildman–Crippen LogP) is 1.80. The van der Waals surface area contributed by atoms with E-state index in [9.17, 15) is 5.11 Å². The third-order valence-corrected chi connectivity index (χ3v) is 3.07. The molecule has 0 bridgehead atoms. The van der Waals surface area contributed by atoms with Gasteiger partial charge in [-0.3, -0.25) is 0 Å². The Kier molecular flexibility index (Phi) is 4.36. The number of anilines is 2. The van der Waals surface area contributed by atoms with Gasteiger partial charge in [0, 0.05) is 25.1 Å². The molecule has 1 aromatic rings. The fourth-order valence-electron chi connectivity index (χ4n) is 2.09. The zero-order valence-corrected chi connectivity index (χ0v) is 11.1. The lowest BCUT2D eigenvalue weighted by molar-refractivity contribution is 0.0835. The summed E-state index contributed by atoms with van der Waals surface area (Å²) in [5.41, 5.74) is 0. The molecule has 2 rings (SSSR count). The minimum Gasteiger partial charge on any atom is -0.393 e. The van der Waals surface area contributed by atoms with Crippen LogP contribution in [-0.4, -0.2) is 33.8 Å².